The standard InChI is InChI=1S/C25H19Cl2N3O2/c26-18-11-10-16(14-19(18)27)24-21-22(17-8-4-5-9-20(17)31)28-29-23(21)25(32)30(24)13-12-15-6-2-1-3-7-15/h1-11,14,24,31H,12-13H2,(H,28,29)/t24-/m1/s1. The largest absolute Gasteiger partial charge is 0.507 e. The molecular formula is C25H19Cl2N3O2. The van der Waals surface area contributed by atoms with Gasteiger partial charge in [-0.1, -0.05) is 71.7 Å². The number of phenolic OH excluding ortho intramolecular Hbond substituents is 1. The fraction of sp³-hybridized carbons (Fsp3) is 0.120. The number of carbonyl (C=O) groups excluding carboxylic acids is 1. The topological polar surface area (TPSA) is 69.2 Å². The number of aromatic nitrogens is 2. The average molecular weight is 464 g/mol. The van der Waals surface area contributed by atoms with E-state index in [0.717, 1.165) is 16.7 Å². The maximum Gasteiger partial charge on any atom is 0.273 e. The molecule has 1 aliphatic heterocycles. The van der Waals surface area contributed by atoms with E-state index in [-0.39, 0.29) is 11.7 Å². The highest BCUT2D eigenvalue weighted by Crippen LogP contribution is 2.45. The lowest BCUT2D eigenvalue weighted by Crippen LogP contribution is -2.31. The lowest BCUT2D eigenvalue weighted by molar-refractivity contribution is 0.0746. The van der Waals surface area contributed by atoms with Gasteiger partial charge in [0.25, 0.3) is 5.91 Å². The molecule has 0 saturated heterocycles. The fourth-order valence-corrected chi connectivity index (χ4v) is 4.54. The van der Waals surface area contributed by atoms with Crippen LogP contribution in [0.3, 0.4) is 0 Å². The highest BCUT2D eigenvalue weighted by Gasteiger charge is 2.42. The fourth-order valence-electron chi connectivity index (χ4n) is 4.23. The third-order valence-electron chi connectivity index (χ3n) is 5.77. The van der Waals surface area contributed by atoms with Crippen LogP contribution in [0.5, 0.6) is 5.75 Å². The zero-order valence-corrected chi connectivity index (χ0v) is 18.4. The number of benzene rings is 3. The third-order valence-corrected chi connectivity index (χ3v) is 6.51. The minimum absolute atomic E-state index is 0.102. The van der Waals surface area contributed by atoms with Gasteiger partial charge in [0.15, 0.2) is 0 Å². The van der Waals surface area contributed by atoms with Crippen molar-refractivity contribution in [3.8, 4) is 17.0 Å². The number of para-hydroxylation sites is 1. The summed E-state index contributed by atoms with van der Waals surface area (Å²) in [6.07, 6.45) is 0.702. The molecule has 32 heavy (non-hydrogen) atoms. The van der Waals surface area contributed by atoms with E-state index < -0.39 is 6.04 Å². The van der Waals surface area contributed by atoms with Crippen molar-refractivity contribution in [1.82, 2.24) is 15.1 Å². The summed E-state index contributed by atoms with van der Waals surface area (Å²) < 4.78 is 0. The number of aromatic hydroxyl groups is 1. The van der Waals surface area contributed by atoms with Crippen molar-refractivity contribution in [2.24, 2.45) is 0 Å². The van der Waals surface area contributed by atoms with Crippen molar-refractivity contribution < 1.29 is 9.90 Å². The van der Waals surface area contributed by atoms with Crippen molar-refractivity contribution in [2.45, 2.75) is 12.5 Å². The molecule has 5 nitrogen and oxygen atoms in total. The molecule has 7 heteroatoms. The van der Waals surface area contributed by atoms with Crippen molar-refractivity contribution in [3.05, 3.63) is 105 Å². The van der Waals surface area contributed by atoms with E-state index in [1.807, 2.05) is 47.4 Å². The van der Waals surface area contributed by atoms with Crippen molar-refractivity contribution in [1.29, 1.82) is 0 Å². The van der Waals surface area contributed by atoms with E-state index in [1.165, 1.54) is 0 Å². The summed E-state index contributed by atoms with van der Waals surface area (Å²) in [5, 5.41) is 18.6. The Balaban J connectivity index is 1.62. The molecular weight excluding hydrogens is 445 g/mol. The third kappa shape index (κ3) is 3.53. The van der Waals surface area contributed by atoms with Crippen molar-refractivity contribution >= 4 is 29.1 Å². The van der Waals surface area contributed by atoms with Crippen LogP contribution in [-0.4, -0.2) is 32.7 Å². The molecule has 0 radical (unpaired) electrons. The first-order chi connectivity index (χ1) is 15.5. The van der Waals surface area contributed by atoms with Gasteiger partial charge in [0.2, 0.25) is 0 Å². The highest BCUT2D eigenvalue weighted by atomic mass is 35.5. The zero-order chi connectivity index (χ0) is 22.2. The Bertz CT molecular complexity index is 1300. The number of nitrogens with zero attached hydrogens (tertiary/aromatic N) is 2. The highest BCUT2D eigenvalue weighted by molar-refractivity contribution is 6.42. The molecule has 2 N–H and O–H groups in total. The molecule has 1 atom stereocenters. The average Bonchev–Trinajstić information content (AvgIpc) is 3.34. The number of phenols is 1. The Morgan fingerprint density at radius 3 is 2.47 bits per heavy atom. The lowest BCUT2D eigenvalue weighted by Gasteiger charge is -2.27. The molecule has 160 valence electrons. The normalized spacial score (nSPS) is 15.2. The summed E-state index contributed by atoms with van der Waals surface area (Å²) in [5.41, 5.74) is 4.23. The van der Waals surface area contributed by atoms with Crippen molar-refractivity contribution in [2.75, 3.05) is 6.54 Å². The quantitative estimate of drug-likeness (QED) is 0.388. The maximum atomic E-state index is 13.4. The number of aromatic amines is 1. The van der Waals surface area contributed by atoms with Gasteiger partial charge in [-0.25, -0.2) is 0 Å². The first kappa shape index (κ1) is 20.6. The summed E-state index contributed by atoms with van der Waals surface area (Å²) in [7, 11) is 0. The Morgan fingerprint density at radius 2 is 1.72 bits per heavy atom. The number of amides is 1. The number of halogens is 2. The SMILES string of the molecule is O=C1c2[nH]nc(-c3ccccc3O)c2[C@@H](c2ccc(Cl)c(Cl)c2)N1CCc1ccccc1. The molecule has 5 rings (SSSR count). The number of rotatable bonds is 5. The monoisotopic (exact) mass is 463 g/mol. The lowest BCUT2D eigenvalue weighted by atomic mass is 9.95. The van der Waals surface area contributed by atoms with Crippen LogP contribution in [0.4, 0.5) is 0 Å². The molecule has 0 aliphatic carbocycles. The van der Waals surface area contributed by atoms with Crippen LogP contribution in [0.2, 0.25) is 10.0 Å². The van der Waals surface area contributed by atoms with E-state index in [2.05, 4.69) is 10.2 Å². The predicted octanol–water partition coefficient (Wildman–Crippen LogP) is 5.88. The van der Waals surface area contributed by atoms with Gasteiger partial charge in [-0.2, -0.15) is 5.10 Å². The second-order valence-electron chi connectivity index (χ2n) is 7.69. The summed E-state index contributed by atoms with van der Waals surface area (Å²) in [6, 6.07) is 22.0. The first-order valence-corrected chi connectivity index (χ1v) is 11.0. The van der Waals surface area contributed by atoms with Crippen molar-refractivity contribution in [3.63, 3.8) is 0 Å². The van der Waals surface area contributed by atoms with Gasteiger partial charge < -0.3 is 10.0 Å². The Kier molecular flexibility index (Phi) is 5.37. The Morgan fingerprint density at radius 1 is 0.969 bits per heavy atom. The molecule has 1 amide bonds. The summed E-state index contributed by atoms with van der Waals surface area (Å²) in [6.45, 7) is 0.510. The number of carbonyl (C=O) groups is 1. The molecule has 4 aromatic rings. The Hall–Kier alpha value is -3.28. The van der Waals surface area contributed by atoms with Gasteiger partial charge in [0.05, 0.1) is 16.1 Å². The van der Waals surface area contributed by atoms with Gasteiger partial charge >= 0.3 is 0 Å². The van der Waals surface area contributed by atoms with Crippen LogP contribution in [0.15, 0.2) is 72.8 Å². The number of H-pyrrole nitrogens is 1. The zero-order valence-electron chi connectivity index (χ0n) is 16.9. The van der Waals surface area contributed by atoms with E-state index in [1.54, 1.807) is 30.3 Å². The van der Waals surface area contributed by atoms with Gasteiger partial charge in [-0.15, -0.1) is 0 Å². The molecule has 0 fully saturated rings. The number of fused-ring (bicyclic) bond motifs is 1. The minimum Gasteiger partial charge on any atom is -0.507 e. The van der Waals surface area contributed by atoms with E-state index in [9.17, 15) is 9.90 Å². The van der Waals surface area contributed by atoms with E-state index in [0.29, 0.717) is 40.0 Å². The van der Waals surface area contributed by atoms with Gasteiger partial charge in [0.1, 0.15) is 17.1 Å². The first-order valence-electron chi connectivity index (χ1n) is 10.2. The number of hydrogen-bond donors (Lipinski definition) is 2. The maximum absolute atomic E-state index is 13.4. The molecule has 1 aromatic heterocycles. The van der Waals surface area contributed by atoms with Crippen LogP contribution in [-0.2, 0) is 6.42 Å². The van der Waals surface area contributed by atoms with Crippen LogP contribution < -0.4 is 0 Å². The van der Waals surface area contributed by atoms with E-state index in [4.69, 9.17) is 23.2 Å². The van der Waals surface area contributed by atoms with Gasteiger partial charge in [-0.05, 0) is 41.8 Å². The summed E-state index contributed by atoms with van der Waals surface area (Å²) in [5.74, 6) is -0.0361. The summed E-state index contributed by atoms with van der Waals surface area (Å²) >= 11 is 12.5. The smallest absolute Gasteiger partial charge is 0.273 e. The second kappa shape index (κ2) is 8.34. The predicted molar refractivity (Wildman–Crippen MR) is 125 cm³/mol. The van der Waals surface area contributed by atoms with Gasteiger partial charge in [-0.3, -0.25) is 9.89 Å². The summed E-state index contributed by atoms with van der Waals surface area (Å²) in [4.78, 5) is 15.2. The van der Waals surface area contributed by atoms with Crippen LogP contribution >= 0.6 is 23.2 Å². The van der Waals surface area contributed by atoms with Gasteiger partial charge in [0, 0.05) is 17.7 Å². The van der Waals surface area contributed by atoms with E-state index >= 15 is 0 Å². The molecule has 1 aliphatic rings. The molecule has 2 heterocycles. The minimum atomic E-state index is -0.413. The second-order valence-corrected chi connectivity index (χ2v) is 8.50. The number of nitrogens with one attached hydrogen (secondary N) is 1. The number of hydrogen-bond acceptors (Lipinski definition) is 3. The van der Waals surface area contributed by atoms with Crippen LogP contribution in [0.1, 0.15) is 33.2 Å². The molecule has 0 unspecified atom stereocenters. The molecule has 3 aromatic carbocycles. The molecule has 0 bridgehead atoms. The van der Waals surface area contributed by atoms with Crippen LogP contribution in [0, 0.1) is 0 Å². The van der Waals surface area contributed by atoms with Crippen LogP contribution in [0.25, 0.3) is 11.3 Å². The Labute approximate surface area is 195 Å². The molecule has 0 spiro atoms. The molecule has 0 saturated carbocycles.